The van der Waals surface area contributed by atoms with Crippen LogP contribution in [0.25, 0.3) is 10.9 Å². The minimum Gasteiger partial charge on any atom is -0.371 e. The molecule has 2 unspecified atom stereocenters. The van der Waals surface area contributed by atoms with Crippen LogP contribution in [0.1, 0.15) is 20.3 Å². The van der Waals surface area contributed by atoms with Gasteiger partial charge in [-0.3, -0.25) is 4.98 Å². The van der Waals surface area contributed by atoms with Crippen molar-refractivity contribution in [2.45, 2.75) is 26.3 Å². The van der Waals surface area contributed by atoms with Gasteiger partial charge < -0.3 is 10.2 Å². The van der Waals surface area contributed by atoms with Gasteiger partial charge >= 0.3 is 0 Å². The summed E-state index contributed by atoms with van der Waals surface area (Å²) in [5.74, 6) is 0.688. The molecule has 1 aliphatic rings. The fourth-order valence-electron chi connectivity index (χ4n) is 3.21. The van der Waals surface area contributed by atoms with Gasteiger partial charge in [0.2, 0.25) is 0 Å². The highest BCUT2D eigenvalue weighted by Crippen LogP contribution is 2.26. The maximum absolute atomic E-state index is 4.39. The lowest BCUT2D eigenvalue weighted by atomic mass is 9.93. The molecule has 2 heterocycles. The number of benzene rings is 1. The first-order chi connectivity index (χ1) is 9.78. The number of nitrogens with one attached hydrogen (secondary N) is 1. The summed E-state index contributed by atoms with van der Waals surface area (Å²) in [5, 5.41) is 4.83. The largest absolute Gasteiger partial charge is 0.371 e. The molecule has 1 aromatic carbocycles. The number of anilines is 1. The Balaban J connectivity index is 1.78. The normalized spacial score (nSPS) is 23.2. The molecular formula is C17H23N3. The molecule has 0 spiro atoms. The van der Waals surface area contributed by atoms with E-state index in [0.29, 0.717) is 12.0 Å². The van der Waals surface area contributed by atoms with Gasteiger partial charge in [-0.1, -0.05) is 19.9 Å². The van der Waals surface area contributed by atoms with Gasteiger partial charge in [0.15, 0.2) is 0 Å². The standard InChI is InChI=1S/C17H23N3/c1-3-18-16-8-10-20(12-13(16)2)15-6-7-17-14(11-15)5-4-9-19-17/h4-7,9,11,13,16,18H,3,8,10,12H2,1-2H3. The van der Waals surface area contributed by atoms with Gasteiger partial charge in [-0.05, 0) is 43.1 Å². The smallest absolute Gasteiger partial charge is 0.0703 e. The van der Waals surface area contributed by atoms with Crippen molar-refractivity contribution in [3.05, 3.63) is 36.5 Å². The Kier molecular flexibility index (Phi) is 3.88. The van der Waals surface area contributed by atoms with Crippen LogP contribution in [0.2, 0.25) is 0 Å². The molecule has 1 aliphatic heterocycles. The lowest BCUT2D eigenvalue weighted by molar-refractivity contribution is 0.327. The number of fused-ring (bicyclic) bond motifs is 1. The second-order valence-corrected chi connectivity index (χ2v) is 5.76. The molecule has 3 rings (SSSR count). The molecule has 0 amide bonds. The maximum Gasteiger partial charge on any atom is 0.0703 e. The molecule has 1 N–H and O–H groups in total. The Bertz CT molecular complexity index is 581. The molecule has 20 heavy (non-hydrogen) atoms. The zero-order valence-electron chi connectivity index (χ0n) is 12.3. The monoisotopic (exact) mass is 269 g/mol. The average molecular weight is 269 g/mol. The molecule has 0 aliphatic carbocycles. The first-order valence-electron chi connectivity index (χ1n) is 7.61. The van der Waals surface area contributed by atoms with Crippen molar-refractivity contribution in [1.29, 1.82) is 0 Å². The summed E-state index contributed by atoms with van der Waals surface area (Å²) in [6, 6.07) is 11.4. The van der Waals surface area contributed by atoms with E-state index in [9.17, 15) is 0 Å². The molecular weight excluding hydrogens is 246 g/mol. The van der Waals surface area contributed by atoms with Gasteiger partial charge in [0, 0.05) is 36.4 Å². The number of hydrogen-bond donors (Lipinski definition) is 1. The van der Waals surface area contributed by atoms with Crippen molar-refractivity contribution in [3.63, 3.8) is 0 Å². The predicted molar refractivity (Wildman–Crippen MR) is 85.2 cm³/mol. The van der Waals surface area contributed by atoms with Crippen LogP contribution < -0.4 is 10.2 Å². The van der Waals surface area contributed by atoms with Gasteiger partial charge in [0.25, 0.3) is 0 Å². The van der Waals surface area contributed by atoms with Crippen LogP contribution in [0.3, 0.4) is 0 Å². The Morgan fingerprint density at radius 1 is 1.35 bits per heavy atom. The van der Waals surface area contributed by atoms with E-state index in [0.717, 1.165) is 25.2 Å². The maximum atomic E-state index is 4.39. The summed E-state index contributed by atoms with van der Waals surface area (Å²) in [7, 11) is 0. The van der Waals surface area contributed by atoms with E-state index < -0.39 is 0 Å². The van der Waals surface area contributed by atoms with E-state index >= 15 is 0 Å². The minimum absolute atomic E-state index is 0.665. The van der Waals surface area contributed by atoms with Crippen LogP contribution in [0.4, 0.5) is 5.69 Å². The summed E-state index contributed by atoms with van der Waals surface area (Å²) < 4.78 is 0. The second kappa shape index (κ2) is 5.80. The predicted octanol–water partition coefficient (Wildman–Crippen LogP) is 3.06. The highest BCUT2D eigenvalue weighted by molar-refractivity contribution is 5.82. The molecule has 1 aromatic heterocycles. The highest BCUT2D eigenvalue weighted by atomic mass is 15.2. The molecule has 2 aromatic rings. The molecule has 0 saturated carbocycles. The summed E-state index contributed by atoms with van der Waals surface area (Å²) in [5.41, 5.74) is 2.40. The third-order valence-corrected chi connectivity index (χ3v) is 4.32. The van der Waals surface area contributed by atoms with Crippen molar-refractivity contribution in [2.75, 3.05) is 24.5 Å². The van der Waals surface area contributed by atoms with Gasteiger partial charge in [-0.15, -0.1) is 0 Å². The van der Waals surface area contributed by atoms with E-state index in [1.807, 2.05) is 12.3 Å². The number of pyridine rings is 1. The van der Waals surface area contributed by atoms with Crippen molar-refractivity contribution in [3.8, 4) is 0 Å². The number of rotatable bonds is 3. The number of nitrogens with zero attached hydrogens (tertiary/aromatic N) is 2. The molecule has 3 nitrogen and oxygen atoms in total. The summed E-state index contributed by atoms with van der Waals surface area (Å²) in [4.78, 5) is 6.90. The van der Waals surface area contributed by atoms with Crippen molar-refractivity contribution in [2.24, 2.45) is 5.92 Å². The van der Waals surface area contributed by atoms with Gasteiger partial charge in [0.05, 0.1) is 5.52 Å². The van der Waals surface area contributed by atoms with E-state index in [-0.39, 0.29) is 0 Å². The molecule has 1 fully saturated rings. The summed E-state index contributed by atoms with van der Waals surface area (Å²) in [6.45, 7) is 7.87. The Hall–Kier alpha value is -1.61. The highest BCUT2D eigenvalue weighted by Gasteiger charge is 2.25. The third-order valence-electron chi connectivity index (χ3n) is 4.32. The fraction of sp³-hybridized carbons (Fsp3) is 0.471. The Morgan fingerprint density at radius 2 is 2.25 bits per heavy atom. The third kappa shape index (κ3) is 2.63. The second-order valence-electron chi connectivity index (χ2n) is 5.76. The average Bonchev–Trinajstić information content (AvgIpc) is 2.49. The quantitative estimate of drug-likeness (QED) is 0.928. The first kappa shape index (κ1) is 13.4. The topological polar surface area (TPSA) is 28.2 Å². The number of hydrogen-bond acceptors (Lipinski definition) is 3. The van der Waals surface area contributed by atoms with Crippen molar-refractivity contribution >= 4 is 16.6 Å². The lowest BCUT2D eigenvalue weighted by Gasteiger charge is -2.38. The minimum atomic E-state index is 0.665. The van der Waals surface area contributed by atoms with Gasteiger partial charge in [0.1, 0.15) is 0 Å². The van der Waals surface area contributed by atoms with Crippen molar-refractivity contribution in [1.82, 2.24) is 10.3 Å². The molecule has 0 bridgehead atoms. The van der Waals surface area contributed by atoms with Gasteiger partial charge in [-0.2, -0.15) is 0 Å². The Morgan fingerprint density at radius 3 is 3.05 bits per heavy atom. The van der Waals surface area contributed by atoms with Crippen LogP contribution in [0.5, 0.6) is 0 Å². The molecule has 3 heteroatoms. The van der Waals surface area contributed by atoms with Crippen molar-refractivity contribution < 1.29 is 0 Å². The lowest BCUT2D eigenvalue weighted by Crippen LogP contribution is -2.48. The van der Waals surface area contributed by atoms with Crippen LogP contribution in [0, 0.1) is 5.92 Å². The van der Waals surface area contributed by atoms with E-state index in [2.05, 4.69) is 53.3 Å². The summed E-state index contributed by atoms with van der Waals surface area (Å²) >= 11 is 0. The Labute approximate surface area is 121 Å². The zero-order chi connectivity index (χ0) is 13.9. The van der Waals surface area contributed by atoms with Crippen LogP contribution in [0.15, 0.2) is 36.5 Å². The fourth-order valence-corrected chi connectivity index (χ4v) is 3.21. The van der Waals surface area contributed by atoms with E-state index in [1.165, 1.54) is 17.5 Å². The molecule has 0 radical (unpaired) electrons. The molecule has 2 atom stereocenters. The van der Waals surface area contributed by atoms with Crippen LogP contribution in [-0.2, 0) is 0 Å². The number of piperidine rings is 1. The molecule has 1 saturated heterocycles. The summed E-state index contributed by atoms with van der Waals surface area (Å²) in [6.07, 6.45) is 3.08. The van der Waals surface area contributed by atoms with E-state index in [1.54, 1.807) is 0 Å². The SMILES string of the molecule is CCNC1CCN(c2ccc3ncccc3c2)CC1C. The van der Waals surface area contributed by atoms with Gasteiger partial charge in [-0.25, -0.2) is 0 Å². The number of aromatic nitrogens is 1. The zero-order valence-corrected chi connectivity index (χ0v) is 12.3. The van der Waals surface area contributed by atoms with Crippen LogP contribution >= 0.6 is 0 Å². The molecule has 106 valence electrons. The van der Waals surface area contributed by atoms with E-state index in [4.69, 9.17) is 0 Å². The first-order valence-corrected chi connectivity index (χ1v) is 7.61. The van der Waals surface area contributed by atoms with Crippen LogP contribution in [-0.4, -0.2) is 30.7 Å².